The van der Waals surface area contributed by atoms with Crippen LogP contribution in [0.4, 0.5) is 5.95 Å². The van der Waals surface area contributed by atoms with Crippen LogP contribution in [0.5, 0.6) is 0 Å². The van der Waals surface area contributed by atoms with Gasteiger partial charge in [0.05, 0.1) is 0 Å². The molecule has 0 atom stereocenters. The molecule has 5 nitrogen and oxygen atoms in total. The van der Waals surface area contributed by atoms with Gasteiger partial charge in [0.25, 0.3) is 0 Å². The third-order valence-corrected chi connectivity index (χ3v) is 3.26. The van der Waals surface area contributed by atoms with Gasteiger partial charge in [0.1, 0.15) is 0 Å². The van der Waals surface area contributed by atoms with Crippen LogP contribution in [0.3, 0.4) is 0 Å². The highest BCUT2D eigenvalue weighted by atomic mass is 16.2. The number of aryl methyl sites for hydroxylation is 2. The molecule has 0 aliphatic carbocycles. The SMILES string of the molecule is CC(=O)N1CCC(Nc2nc(C)cc(C)n2)CC1. The number of hydrogen-bond donors (Lipinski definition) is 1. The van der Waals surface area contributed by atoms with E-state index in [1.807, 2.05) is 24.8 Å². The summed E-state index contributed by atoms with van der Waals surface area (Å²) < 4.78 is 0. The predicted octanol–water partition coefficient (Wildman–Crippen LogP) is 1.52. The Kier molecular flexibility index (Phi) is 3.79. The minimum absolute atomic E-state index is 0.163. The monoisotopic (exact) mass is 248 g/mol. The van der Waals surface area contributed by atoms with E-state index >= 15 is 0 Å². The van der Waals surface area contributed by atoms with Crippen molar-refractivity contribution in [2.45, 2.75) is 39.7 Å². The summed E-state index contributed by atoms with van der Waals surface area (Å²) in [4.78, 5) is 21.9. The summed E-state index contributed by atoms with van der Waals surface area (Å²) in [6.45, 7) is 7.20. The van der Waals surface area contributed by atoms with Crippen molar-refractivity contribution in [3.8, 4) is 0 Å². The fourth-order valence-corrected chi connectivity index (χ4v) is 2.31. The minimum Gasteiger partial charge on any atom is -0.351 e. The van der Waals surface area contributed by atoms with E-state index in [0.717, 1.165) is 37.3 Å². The molecule has 1 aliphatic heterocycles. The van der Waals surface area contributed by atoms with Crippen molar-refractivity contribution in [3.63, 3.8) is 0 Å². The molecule has 0 bridgehead atoms. The Morgan fingerprint density at radius 3 is 2.33 bits per heavy atom. The topological polar surface area (TPSA) is 58.1 Å². The molecule has 1 aliphatic rings. The van der Waals surface area contributed by atoms with Gasteiger partial charge >= 0.3 is 0 Å². The van der Waals surface area contributed by atoms with Gasteiger partial charge in [-0.2, -0.15) is 0 Å². The molecule has 1 N–H and O–H groups in total. The van der Waals surface area contributed by atoms with Crippen molar-refractivity contribution >= 4 is 11.9 Å². The van der Waals surface area contributed by atoms with Crippen LogP contribution in [0.2, 0.25) is 0 Å². The van der Waals surface area contributed by atoms with E-state index in [2.05, 4.69) is 15.3 Å². The van der Waals surface area contributed by atoms with Gasteiger partial charge in [-0.05, 0) is 32.8 Å². The Hall–Kier alpha value is -1.65. The molecular formula is C13H20N4O. The number of likely N-dealkylation sites (tertiary alicyclic amines) is 1. The second-order valence-corrected chi connectivity index (χ2v) is 4.90. The number of carbonyl (C=O) groups is 1. The first-order valence-corrected chi connectivity index (χ1v) is 6.39. The summed E-state index contributed by atoms with van der Waals surface area (Å²) in [5, 5.41) is 3.36. The summed E-state index contributed by atoms with van der Waals surface area (Å²) >= 11 is 0. The lowest BCUT2D eigenvalue weighted by Gasteiger charge is -2.31. The smallest absolute Gasteiger partial charge is 0.223 e. The minimum atomic E-state index is 0.163. The van der Waals surface area contributed by atoms with E-state index < -0.39 is 0 Å². The third-order valence-electron chi connectivity index (χ3n) is 3.26. The number of nitrogens with one attached hydrogen (secondary N) is 1. The van der Waals surface area contributed by atoms with Crippen LogP contribution in [-0.2, 0) is 4.79 Å². The van der Waals surface area contributed by atoms with Gasteiger partial charge < -0.3 is 10.2 Å². The summed E-state index contributed by atoms with van der Waals surface area (Å²) in [5.41, 5.74) is 1.96. The predicted molar refractivity (Wildman–Crippen MR) is 70.4 cm³/mol. The van der Waals surface area contributed by atoms with Crippen molar-refractivity contribution in [3.05, 3.63) is 17.5 Å². The molecule has 0 radical (unpaired) electrons. The first kappa shape index (κ1) is 12.8. The highest BCUT2D eigenvalue weighted by molar-refractivity contribution is 5.73. The molecule has 2 heterocycles. The number of carbonyl (C=O) groups excluding carboxylic acids is 1. The largest absolute Gasteiger partial charge is 0.351 e. The Balaban J connectivity index is 1.93. The van der Waals surface area contributed by atoms with Gasteiger partial charge in [-0.1, -0.05) is 0 Å². The molecule has 1 saturated heterocycles. The fraction of sp³-hybridized carbons (Fsp3) is 0.615. The van der Waals surface area contributed by atoms with E-state index in [4.69, 9.17) is 0 Å². The first-order chi connectivity index (χ1) is 8.54. The molecule has 0 spiro atoms. The average molecular weight is 248 g/mol. The zero-order chi connectivity index (χ0) is 13.1. The van der Waals surface area contributed by atoms with Gasteiger partial charge in [0, 0.05) is 37.4 Å². The number of anilines is 1. The second kappa shape index (κ2) is 5.33. The first-order valence-electron chi connectivity index (χ1n) is 6.39. The van der Waals surface area contributed by atoms with Gasteiger partial charge in [-0.3, -0.25) is 4.79 Å². The summed E-state index contributed by atoms with van der Waals surface area (Å²) in [6, 6.07) is 2.32. The van der Waals surface area contributed by atoms with Crippen LogP contribution in [0, 0.1) is 13.8 Å². The maximum absolute atomic E-state index is 11.2. The van der Waals surface area contributed by atoms with Gasteiger partial charge in [-0.15, -0.1) is 0 Å². The highest BCUT2D eigenvalue weighted by Crippen LogP contribution is 2.14. The summed E-state index contributed by atoms with van der Waals surface area (Å²) in [5.74, 6) is 0.866. The van der Waals surface area contributed by atoms with Crippen molar-refractivity contribution in [2.24, 2.45) is 0 Å². The van der Waals surface area contributed by atoms with Crippen LogP contribution in [0.15, 0.2) is 6.07 Å². The number of aromatic nitrogens is 2. The maximum Gasteiger partial charge on any atom is 0.223 e. The maximum atomic E-state index is 11.2. The van der Waals surface area contributed by atoms with E-state index in [9.17, 15) is 4.79 Å². The molecular weight excluding hydrogens is 228 g/mol. The molecule has 98 valence electrons. The quantitative estimate of drug-likeness (QED) is 0.862. The average Bonchev–Trinajstić information content (AvgIpc) is 2.28. The van der Waals surface area contributed by atoms with Crippen molar-refractivity contribution in [1.82, 2.24) is 14.9 Å². The standard InChI is InChI=1S/C13H20N4O/c1-9-8-10(2)15-13(14-9)16-12-4-6-17(7-5-12)11(3)18/h8,12H,4-7H2,1-3H3,(H,14,15,16). The Morgan fingerprint density at radius 1 is 1.28 bits per heavy atom. The lowest BCUT2D eigenvalue weighted by atomic mass is 10.1. The third kappa shape index (κ3) is 3.18. The molecule has 0 aromatic carbocycles. The van der Waals surface area contributed by atoms with E-state index in [1.165, 1.54) is 0 Å². The summed E-state index contributed by atoms with van der Waals surface area (Å²) in [7, 11) is 0. The lowest BCUT2D eigenvalue weighted by molar-refractivity contribution is -0.129. The van der Waals surface area contributed by atoms with Gasteiger partial charge in [0.2, 0.25) is 11.9 Å². The molecule has 5 heteroatoms. The number of nitrogens with zero attached hydrogens (tertiary/aromatic N) is 3. The zero-order valence-electron chi connectivity index (χ0n) is 11.2. The number of rotatable bonds is 2. The van der Waals surface area contributed by atoms with Crippen molar-refractivity contribution in [2.75, 3.05) is 18.4 Å². The number of hydrogen-bond acceptors (Lipinski definition) is 4. The van der Waals surface area contributed by atoms with E-state index in [0.29, 0.717) is 12.0 Å². The van der Waals surface area contributed by atoms with Crippen molar-refractivity contribution in [1.29, 1.82) is 0 Å². The number of amides is 1. The van der Waals surface area contributed by atoms with E-state index in [-0.39, 0.29) is 5.91 Å². The van der Waals surface area contributed by atoms with Crippen LogP contribution < -0.4 is 5.32 Å². The Morgan fingerprint density at radius 2 is 1.83 bits per heavy atom. The van der Waals surface area contributed by atoms with Crippen LogP contribution in [0.25, 0.3) is 0 Å². The highest BCUT2D eigenvalue weighted by Gasteiger charge is 2.21. The molecule has 18 heavy (non-hydrogen) atoms. The van der Waals surface area contributed by atoms with Crippen LogP contribution in [-0.4, -0.2) is 39.9 Å². The molecule has 1 aromatic rings. The van der Waals surface area contributed by atoms with Crippen LogP contribution in [0.1, 0.15) is 31.2 Å². The Labute approximate surface area is 108 Å². The van der Waals surface area contributed by atoms with Crippen molar-refractivity contribution < 1.29 is 4.79 Å². The Bertz CT molecular complexity index is 418. The molecule has 2 rings (SSSR count). The van der Waals surface area contributed by atoms with Gasteiger partial charge in [0.15, 0.2) is 0 Å². The van der Waals surface area contributed by atoms with Gasteiger partial charge in [-0.25, -0.2) is 9.97 Å². The number of piperidine rings is 1. The molecule has 1 fully saturated rings. The fourth-order valence-electron chi connectivity index (χ4n) is 2.31. The molecule has 1 aromatic heterocycles. The lowest BCUT2D eigenvalue weighted by Crippen LogP contribution is -2.41. The molecule has 1 amide bonds. The molecule has 0 unspecified atom stereocenters. The summed E-state index contributed by atoms with van der Waals surface area (Å²) in [6.07, 6.45) is 1.91. The van der Waals surface area contributed by atoms with E-state index in [1.54, 1.807) is 6.92 Å². The van der Waals surface area contributed by atoms with Crippen LogP contribution >= 0.6 is 0 Å². The second-order valence-electron chi connectivity index (χ2n) is 4.90. The normalized spacial score (nSPS) is 16.7. The zero-order valence-corrected chi connectivity index (χ0v) is 11.2. The molecule has 0 saturated carbocycles.